The van der Waals surface area contributed by atoms with E-state index >= 15 is 0 Å². The zero-order valence-corrected chi connectivity index (χ0v) is 8.95. The number of benzene rings is 1. The van der Waals surface area contributed by atoms with Gasteiger partial charge in [-0.05, 0) is 25.1 Å². The van der Waals surface area contributed by atoms with Crippen molar-refractivity contribution >= 4 is 17.3 Å². The highest BCUT2D eigenvalue weighted by Crippen LogP contribution is 2.31. The standard InChI is InChI=1S/C11H9F3N2O/c1-2-16-9-4-3-7(11(12,13)14)5-8(9)15-10(16)6-17/h3-6H,2H2,1H3. The second-order valence-electron chi connectivity index (χ2n) is 3.53. The fourth-order valence-electron chi connectivity index (χ4n) is 1.75. The maximum Gasteiger partial charge on any atom is 0.416 e. The van der Waals surface area contributed by atoms with E-state index in [4.69, 9.17) is 0 Å². The average molecular weight is 242 g/mol. The third-order valence-electron chi connectivity index (χ3n) is 2.53. The number of carbonyl (C=O) groups is 1. The van der Waals surface area contributed by atoms with E-state index in [9.17, 15) is 18.0 Å². The Labute approximate surface area is 94.9 Å². The molecular weight excluding hydrogens is 233 g/mol. The van der Waals surface area contributed by atoms with Gasteiger partial charge < -0.3 is 4.57 Å². The molecule has 0 unspecified atom stereocenters. The summed E-state index contributed by atoms with van der Waals surface area (Å²) >= 11 is 0. The summed E-state index contributed by atoms with van der Waals surface area (Å²) in [6.45, 7) is 2.28. The highest BCUT2D eigenvalue weighted by molar-refractivity contribution is 5.83. The molecule has 0 radical (unpaired) electrons. The van der Waals surface area contributed by atoms with Crippen molar-refractivity contribution < 1.29 is 18.0 Å². The van der Waals surface area contributed by atoms with Gasteiger partial charge in [0, 0.05) is 6.54 Å². The van der Waals surface area contributed by atoms with Crippen LogP contribution in [0.15, 0.2) is 18.2 Å². The summed E-state index contributed by atoms with van der Waals surface area (Å²) in [4.78, 5) is 14.6. The molecule has 6 heteroatoms. The van der Waals surface area contributed by atoms with Crippen molar-refractivity contribution in [2.24, 2.45) is 0 Å². The molecule has 1 heterocycles. The summed E-state index contributed by atoms with van der Waals surface area (Å²) in [6, 6.07) is 3.28. The fourth-order valence-corrected chi connectivity index (χ4v) is 1.75. The van der Waals surface area contributed by atoms with Crippen LogP contribution in [0.1, 0.15) is 23.1 Å². The monoisotopic (exact) mass is 242 g/mol. The number of alkyl halides is 3. The Hall–Kier alpha value is -1.85. The molecule has 0 spiro atoms. The Bertz CT molecular complexity index is 572. The maximum absolute atomic E-state index is 12.5. The van der Waals surface area contributed by atoms with E-state index in [0.29, 0.717) is 18.3 Å². The molecule has 90 valence electrons. The number of fused-ring (bicyclic) bond motifs is 1. The zero-order chi connectivity index (χ0) is 12.6. The minimum Gasteiger partial charge on any atom is -0.322 e. The molecule has 0 fully saturated rings. The summed E-state index contributed by atoms with van der Waals surface area (Å²) in [5.74, 6) is 0.141. The number of aldehydes is 1. The third kappa shape index (κ3) is 1.90. The van der Waals surface area contributed by atoms with Crippen molar-refractivity contribution in [3.63, 3.8) is 0 Å². The van der Waals surface area contributed by atoms with Crippen molar-refractivity contribution in [1.29, 1.82) is 0 Å². The van der Waals surface area contributed by atoms with Crippen molar-refractivity contribution in [3.05, 3.63) is 29.6 Å². The Balaban J connectivity index is 2.68. The molecule has 3 nitrogen and oxygen atoms in total. The molecule has 2 aromatic rings. The first-order chi connectivity index (χ1) is 7.97. The van der Waals surface area contributed by atoms with E-state index in [0.717, 1.165) is 12.1 Å². The summed E-state index contributed by atoms with van der Waals surface area (Å²) in [7, 11) is 0. The second-order valence-corrected chi connectivity index (χ2v) is 3.53. The van der Waals surface area contributed by atoms with E-state index in [1.54, 1.807) is 11.5 Å². The van der Waals surface area contributed by atoms with Gasteiger partial charge in [0.25, 0.3) is 0 Å². The normalized spacial score (nSPS) is 12.0. The SMILES string of the molecule is CCn1c(C=O)nc2cc(C(F)(F)F)ccc21. The zero-order valence-electron chi connectivity index (χ0n) is 8.95. The molecule has 2 rings (SSSR count). The van der Waals surface area contributed by atoms with Gasteiger partial charge in [-0.15, -0.1) is 0 Å². The molecule has 0 saturated heterocycles. The van der Waals surface area contributed by atoms with Gasteiger partial charge in [0.15, 0.2) is 12.1 Å². The van der Waals surface area contributed by atoms with E-state index < -0.39 is 11.7 Å². The van der Waals surface area contributed by atoms with Gasteiger partial charge in [0.1, 0.15) is 0 Å². The number of hydrogen-bond acceptors (Lipinski definition) is 2. The lowest BCUT2D eigenvalue weighted by molar-refractivity contribution is -0.137. The van der Waals surface area contributed by atoms with Crippen LogP contribution in [0.5, 0.6) is 0 Å². The van der Waals surface area contributed by atoms with Gasteiger partial charge in [-0.25, -0.2) is 4.98 Å². The lowest BCUT2D eigenvalue weighted by Gasteiger charge is -2.06. The summed E-state index contributed by atoms with van der Waals surface area (Å²) < 4.78 is 39.0. The molecule has 0 aliphatic rings. The van der Waals surface area contributed by atoms with Crippen LogP contribution in [-0.4, -0.2) is 15.8 Å². The number of aryl methyl sites for hydroxylation is 1. The fraction of sp³-hybridized carbons (Fsp3) is 0.273. The largest absolute Gasteiger partial charge is 0.416 e. The highest BCUT2D eigenvalue weighted by atomic mass is 19.4. The first kappa shape index (κ1) is 11.6. The number of halogens is 3. The lowest BCUT2D eigenvalue weighted by Crippen LogP contribution is -2.04. The number of imidazole rings is 1. The molecule has 0 N–H and O–H groups in total. The molecule has 0 aliphatic heterocycles. The maximum atomic E-state index is 12.5. The van der Waals surface area contributed by atoms with E-state index in [-0.39, 0.29) is 11.3 Å². The molecule has 0 atom stereocenters. The minimum atomic E-state index is -4.40. The van der Waals surface area contributed by atoms with Gasteiger partial charge >= 0.3 is 6.18 Å². The van der Waals surface area contributed by atoms with Gasteiger partial charge in [-0.3, -0.25) is 4.79 Å². The van der Waals surface area contributed by atoms with Gasteiger partial charge in [0.2, 0.25) is 0 Å². The van der Waals surface area contributed by atoms with Crippen LogP contribution in [0.25, 0.3) is 11.0 Å². The first-order valence-corrected chi connectivity index (χ1v) is 5.00. The molecule has 1 aromatic carbocycles. The van der Waals surface area contributed by atoms with E-state index in [2.05, 4.69) is 4.98 Å². The summed E-state index contributed by atoms with van der Waals surface area (Å²) in [5, 5.41) is 0. The van der Waals surface area contributed by atoms with E-state index in [1.807, 2.05) is 0 Å². The molecule has 0 amide bonds. The average Bonchev–Trinajstić information content (AvgIpc) is 2.64. The molecular formula is C11H9F3N2O. The van der Waals surface area contributed by atoms with Gasteiger partial charge in [-0.2, -0.15) is 13.2 Å². The van der Waals surface area contributed by atoms with Crippen molar-refractivity contribution in [3.8, 4) is 0 Å². The van der Waals surface area contributed by atoms with Crippen molar-refractivity contribution in [1.82, 2.24) is 9.55 Å². The van der Waals surface area contributed by atoms with Crippen LogP contribution < -0.4 is 0 Å². The lowest BCUT2D eigenvalue weighted by atomic mass is 10.2. The number of aromatic nitrogens is 2. The van der Waals surface area contributed by atoms with Crippen molar-refractivity contribution in [2.45, 2.75) is 19.6 Å². The molecule has 17 heavy (non-hydrogen) atoms. The minimum absolute atomic E-state index is 0.141. The van der Waals surface area contributed by atoms with Crippen LogP contribution in [0, 0.1) is 0 Å². The highest BCUT2D eigenvalue weighted by Gasteiger charge is 2.31. The predicted molar refractivity (Wildman–Crippen MR) is 55.8 cm³/mol. The third-order valence-corrected chi connectivity index (χ3v) is 2.53. The Morgan fingerprint density at radius 1 is 1.41 bits per heavy atom. The number of rotatable bonds is 2. The van der Waals surface area contributed by atoms with Gasteiger partial charge in [0.05, 0.1) is 16.6 Å². The summed E-state index contributed by atoms with van der Waals surface area (Å²) in [6.07, 6.45) is -3.86. The van der Waals surface area contributed by atoms with E-state index in [1.165, 1.54) is 6.07 Å². The predicted octanol–water partition coefficient (Wildman–Crippen LogP) is 2.89. The smallest absolute Gasteiger partial charge is 0.322 e. The molecule has 0 saturated carbocycles. The quantitative estimate of drug-likeness (QED) is 0.759. The van der Waals surface area contributed by atoms with Crippen LogP contribution >= 0.6 is 0 Å². The van der Waals surface area contributed by atoms with Crippen LogP contribution in [-0.2, 0) is 12.7 Å². The van der Waals surface area contributed by atoms with Crippen LogP contribution in [0.4, 0.5) is 13.2 Å². The topological polar surface area (TPSA) is 34.9 Å². The Morgan fingerprint density at radius 2 is 2.12 bits per heavy atom. The Kier molecular flexibility index (Phi) is 2.65. The molecule has 0 bridgehead atoms. The van der Waals surface area contributed by atoms with Crippen LogP contribution in [0.2, 0.25) is 0 Å². The van der Waals surface area contributed by atoms with Crippen LogP contribution in [0.3, 0.4) is 0 Å². The molecule has 1 aromatic heterocycles. The first-order valence-electron chi connectivity index (χ1n) is 5.00. The second kappa shape index (κ2) is 3.87. The number of nitrogens with zero attached hydrogens (tertiary/aromatic N) is 2. The molecule has 0 aliphatic carbocycles. The Morgan fingerprint density at radius 3 is 2.65 bits per heavy atom. The van der Waals surface area contributed by atoms with Gasteiger partial charge in [-0.1, -0.05) is 0 Å². The number of carbonyl (C=O) groups excluding carboxylic acids is 1. The summed E-state index contributed by atoms with van der Waals surface area (Å²) in [5.41, 5.74) is -0.0467. The number of hydrogen-bond donors (Lipinski definition) is 0. The van der Waals surface area contributed by atoms with Crippen molar-refractivity contribution in [2.75, 3.05) is 0 Å².